The summed E-state index contributed by atoms with van der Waals surface area (Å²) in [5.41, 5.74) is 0.0174. The summed E-state index contributed by atoms with van der Waals surface area (Å²) >= 11 is 0. The van der Waals surface area contributed by atoms with E-state index in [0.29, 0.717) is 30.4 Å². The molecule has 0 aromatic carbocycles. The molecule has 1 amide bonds. The van der Waals surface area contributed by atoms with E-state index in [9.17, 15) is 14.7 Å². The van der Waals surface area contributed by atoms with Crippen molar-refractivity contribution >= 4 is 12.1 Å². The molecular formula is C22H33N3O5. The molecule has 0 aliphatic heterocycles. The van der Waals surface area contributed by atoms with Crippen LogP contribution in [0.4, 0.5) is 4.79 Å². The zero-order valence-electron chi connectivity index (χ0n) is 18.0. The molecule has 1 aromatic rings. The summed E-state index contributed by atoms with van der Waals surface area (Å²) in [6.45, 7) is 5.57. The second kappa shape index (κ2) is 8.21. The number of rotatable bonds is 7. The van der Waals surface area contributed by atoms with Crippen molar-refractivity contribution in [1.29, 1.82) is 0 Å². The van der Waals surface area contributed by atoms with Gasteiger partial charge in [-0.2, -0.15) is 0 Å². The lowest BCUT2D eigenvalue weighted by Gasteiger charge is -2.53. The topological polar surface area (TPSA) is 103 Å². The number of carboxylic acids is 1. The molecular weight excluding hydrogens is 386 g/mol. The van der Waals surface area contributed by atoms with E-state index in [-0.39, 0.29) is 6.42 Å². The van der Waals surface area contributed by atoms with Crippen molar-refractivity contribution < 1.29 is 24.2 Å². The monoisotopic (exact) mass is 419 g/mol. The molecule has 30 heavy (non-hydrogen) atoms. The normalized spacial score (nSPS) is 30.8. The van der Waals surface area contributed by atoms with Crippen LogP contribution in [0.25, 0.3) is 0 Å². The lowest BCUT2D eigenvalue weighted by atomic mass is 9.55. The molecule has 4 aliphatic rings. The number of carboxylic acid groups (broad SMARTS) is 1. The molecule has 0 radical (unpaired) electrons. The molecule has 0 unspecified atom stereocenters. The molecule has 5 rings (SSSR count). The average molecular weight is 420 g/mol. The predicted octanol–water partition coefficient (Wildman–Crippen LogP) is 3.20. The lowest BCUT2D eigenvalue weighted by Crippen LogP contribution is -2.49. The van der Waals surface area contributed by atoms with Crippen molar-refractivity contribution in [2.75, 3.05) is 0 Å². The van der Waals surface area contributed by atoms with Gasteiger partial charge in [-0.1, -0.05) is 0 Å². The molecule has 2 N–H and O–H groups in total. The number of ether oxygens (including phenoxy) is 2. The summed E-state index contributed by atoms with van der Waals surface area (Å²) in [5, 5.41) is 12.0. The summed E-state index contributed by atoms with van der Waals surface area (Å²) in [6, 6.07) is -1.10. The first-order chi connectivity index (χ1) is 14.2. The Morgan fingerprint density at radius 1 is 1.20 bits per heavy atom. The Hall–Kier alpha value is -2.09. The number of aromatic nitrogens is 2. The minimum absolute atomic E-state index is 0.111. The van der Waals surface area contributed by atoms with E-state index in [2.05, 4.69) is 10.3 Å². The van der Waals surface area contributed by atoms with Gasteiger partial charge in [0.2, 0.25) is 0 Å². The third-order valence-corrected chi connectivity index (χ3v) is 6.75. The number of alkyl carbamates (subject to hydrolysis) is 1. The summed E-state index contributed by atoms with van der Waals surface area (Å²) in [7, 11) is 0. The first-order valence-corrected chi connectivity index (χ1v) is 11.0. The standard InChI is InChI=1S/C22H33N3O5/c1-22(2,3)30-21(28)24-18(20(26)27)9-17-10-23-11-25(17)12-29-19-15-5-13-4-14(7-15)8-16(19)6-13/h10-11,13-16,18-19H,4-9,12H2,1-3H3,(H,24,28)(H,26,27)/t13?,14?,15?,16?,18-,19?/m1/s1. The molecule has 1 aromatic heterocycles. The minimum atomic E-state index is -1.12. The SMILES string of the molecule is CC(C)(C)OC(=O)N[C@H](Cc1cncn1COC1C2CC3CC(C2)CC1C3)C(=O)O. The highest BCUT2D eigenvalue weighted by Gasteiger charge is 2.48. The van der Waals surface area contributed by atoms with Crippen LogP contribution in [0.5, 0.6) is 0 Å². The van der Waals surface area contributed by atoms with Crippen molar-refractivity contribution in [3.63, 3.8) is 0 Å². The Kier molecular flexibility index (Phi) is 5.79. The largest absolute Gasteiger partial charge is 0.480 e. The Morgan fingerprint density at radius 3 is 2.40 bits per heavy atom. The predicted molar refractivity (Wildman–Crippen MR) is 109 cm³/mol. The summed E-state index contributed by atoms with van der Waals surface area (Å²) in [4.78, 5) is 27.9. The van der Waals surface area contributed by atoms with E-state index in [1.807, 2.05) is 4.57 Å². The smallest absolute Gasteiger partial charge is 0.408 e. The molecule has 4 saturated carbocycles. The second-order valence-corrected chi connectivity index (χ2v) is 10.3. The quantitative estimate of drug-likeness (QED) is 0.704. The molecule has 4 fully saturated rings. The fraction of sp³-hybridized carbons (Fsp3) is 0.773. The molecule has 8 heteroatoms. The summed E-state index contributed by atoms with van der Waals surface area (Å²) in [6.07, 6.45) is 9.51. The highest BCUT2D eigenvalue weighted by atomic mass is 16.6. The Morgan fingerprint density at radius 2 is 1.83 bits per heavy atom. The average Bonchev–Trinajstić information content (AvgIpc) is 3.05. The van der Waals surface area contributed by atoms with Gasteiger partial charge in [-0.15, -0.1) is 0 Å². The number of aliphatic carboxylic acids is 1. The third-order valence-electron chi connectivity index (χ3n) is 6.75. The Labute approximate surface area is 177 Å². The number of imidazole rings is 1. The van der Waals surface area contributed by atoms with Gasteiger partial charge in [0, 0.05) is 18.3 Å². The van der Waals surface area contributed by atoms with E-state index < -0.39 is 23.7 Å². The van der Waals surface area contributed by atoms with Crippen molar-refractivity contribution in [2.24, 2.45) is 23.7 Å². The van der Waals surface area contributed by atoms with Crippen LogP contribution < -0.4 is 5.32 Å². The minimum Gasteiger partial charge on any atom is -0.480 e. The van der Waals surface area contributed by atoms with Crippen molar-refractivity contribution in [1.82, 2.24) is 14.9 Å². The highest BCUT2D eigenvalue weighted by molar-refractivity contribution is 5.80. The van der Waals surface area contributed by atoms with Crippen molar-refractivity contribution in [2.45, 2.75) is 83.8 Å². The Bertz CT molecular complexity index is 756. The fourth-order valence-electron chi connectivity index (χ4n) is 5.81. The molecule has 0 spiro atoms. The van der Waals surface area contributed by atoms with Gasteiger partial charge in [-0.05, 0) is 76.5 Å². The third kappa shape index (κ3) is 4.79. The van der Waals surface area contributed by atoms with Crippen LogP contribution in [-0.4, -0.2) is 44.5 Å². The van der Waals surface area contributed by atoms with Crippen LogP contribution in [0, 0.1) is 23.7 Å². The number of hydrogen-bond acceptors (Lipinski definition) is 5. The van der Waals surface area contributed by atoms with E-state index in [0.717, 1.165) is 11.8 Å². The summed E-state index contributed by atoms with van der Waals surface area (Å²) in [5.74, 6) is 2.00. The molecule has 166 valence electrons. The molecule has 4 aliphatic carbocycles. The van der Waals surface area contributed by atoms with Crippen molar-refractivity contribution in [3.8, 4) is 0 Å². The first kappa shape index (κ1) is 21.2. The van der Waals surface area contributed by atoms with Gasteiger partial charge in [0.15, 0.2) is 0 Å². The maximum atomic E-state index is 12.0. The van der Waals surface area contributed by atoms with Crippen LogP contribution in [0.2, 0.25) is 0 Å². The number of carbonyl (C=O) groups is 2. The Balaban J connectivity index is 1.35. The molecule has 4 bridgehead atoms. The van der Waals surface area contributed by atoms with Gasteiger partial charge in [0.25, 0.3) is 0 Å². The van der Waals surface area contributed by atoms with Crippen LogP contribution >= 0.6 is 0 Å². The lowest BCUT2D eigenvalue weighted by molar-refractivity contribution is -0.144. The highest BCUT2D eigenvalue weighted by Crippen LogP contribution is 2.54. The molecule has 8 nitrogen and oxygen atoms in total. The zero-order valence-corrected chi connectivity index (χ0v) is 18.0. The number of nitrogens with zero attached hydrogens (tertiary/aromatic N) is 2. The van der Waals surface area contributed by atoms with Gasteiger partial charge in [-0.3, -0.25) is 0 Å². The second-order valence-electron chi connectivity index (χ2n) is 10.3. The van der Waals surface area contributed by atoms with E-state index in [4.69, 9.17) is 9.47 Å². The van der Waals surface area contributed by atoms with Crippen LogP contribution in [0.15, 0.2) is 12.5 Å². The first-order valence-electron chi connectivity index (χ1n) is 11.0. The van der Waals surface area contributed by atoms with E-state index in [1.54, 1.807) is 33.3 Å². The van der Waals surface area contributed by atoms with Crippen LogP contribution in [0.1, 0.15) is 58.6 Å². The van der Waals surface area contributed by atoms with Crippen LogP contribution in [-0.2, 0) is 27.4 Å². The number of carbonyl (C=O) groups excluding carboxylic acids is 1. The molecule has 1 heterocycles. The van der Waals surface area contributed by atoms with Gasteiger partial charge in [-0.25, -0.2) is 14.6 Å². The summed E-state index contributed by atoms with van der Waals surface area (Å²) < 4.78 is 13.4. The zero-order chi connectivity index (χ0) is 21.5. The maximum absolute atomic E-state index is 12.0. The number of hydrogen-bond donors (Lipinski definition) is 2. The van der Waals surface area contributed by atoms with Gasteiger partial charge >= 0.3 is 12.1 Å². The van der Waals surface area contributed by atoms with Gasteiger partial charge in [0.05, 0.1) is 12.4 Å². The maximum Gasteiger partial charge on any atom is 0.408 e. The van der Waals surface area contributed by atoms with Gasteiger partial charge < -0.3 is 24.5 Å². The van der Waals surface area contributed by atoms with Gasteiger partial charge in [0.1, 0.15) is 18.4 Å². The molecule has 1 atom stereocenters. The van der Waals surface area contributed by atoms with Crippen LogP contribution in [0.3, 0.4) is 0 Å². The molecule has 0 saturated heterocycles. The van der Waals surface area contributed by atoms with E-state index >= 15 is 0 Å². The number of nitrogens with one attached hydrogen (secondary N) is 1. The van der Waals surface area contributed by atoms with Crippen molar-refractivity contribution in [3.05, 3.63) is 18.2 Å². The fourth-order valence-corrected chi connectivity index (χ4v) is 5.81. The number of amides is 1. The van der Waals surface area contributed by atoms with E-state index in [1.165, 1.54) is 32.1 Å².